The summed E-state index contributed by atoms with van der Waals surface area (Å²) >= 11 is 0. The number of alkyl halides is 1. The summed E-state index contributed by atoms with van der Waals surface area (Å²) in [6, 6.07) is 2.56. The lowest BCUT2D eigenvalue weighted by atomic mass is 9.80. The highest BCUT2D eigenvalue weighted by Crippen LogP contribution is 2.35. The lowest BCUT2D eigenvalue weighted by Gasteiger charge is -2.36. The highest BCUT2D eigenvalue weighted by atomic mass is 19.1. The number of anilines is 1. The lowest BCUT2D eigenvalue weighted by Crippen LogP contribution is -2.41. The van der Waals surface area contributed by atoms with Gasteiger partial charge in [-0.1, -0.05) is 0 Å². The topological polar surface area (TPSA) is 106 Å². The van der Waals surface area contributed by atoms with E-state index in [9.17, 15) is 13.9 Å². The van der Waals surface area contributed by atoms with Gasteiger partial charge in [0.25, 0.3) is 5.95 Å². The maximum absolute atomic E-state index is 14.9. The fourth-order valence-corrected chi connectivity index (χ4v) is 5.16. The molecule has 1 aromatic carbocycles. The number of aromatic nitrogens is 6. The largest absolute Gasteiger partial charge is 0.494 e. The van der Waals surface area contributed by atoms with Crippen molar-refractivity contribution in [3.05, 3.63) is 36.2 Å². The van der Waals surface area contributed by atoms with Crippen LogP contribution < -0.4 is 9.64 Å². The van der Waals surface area contributed by atoms with E-state index in [1.54, 1.807) is 10.9 Å². The molecule has 2 fully saturated rings. The Hall–Kier alpha value is -3.67. The first kappa shape index (κ1) is 22.8. The number of ether oxygens (including phenoxy) is 1. The van der Waals surface area contributed by atoms with Gasteiger partial charge in [-0.25, -0.2) is 23.7 Å². The molecule has 1 aliphatic carbocycles. The molecule has 36 heavy (non-hydrogen) atoms. The highest BCUT2D eigenvalue weighted by molar-refractivity contribution is 5.96. The number of piperidine rings is 1. The number of aliphatic hydroxyl groups is 1. The zero-order chi connectivity index (χ0) is 25.0. The standard InChI is InChI=1S/C24H26F2N8O2/c1-27-23-29-20-18(7-15(25)8-19(20)36-2)22-30-21(31-34(22)23)14-6-16(26)11-32(10-14)17-9-28-33(12-17)13-24(35)4-3-5-24/h7-9,12,14,16,35H,1,3-6,10-11,13H2,2H3/t14-,16+/m1/s1. The molecule has 1 saturated carbocycles. The maximum atomic E-state index is 14.9. The molecule has 2 atom stereocenters. The van der Waals surface area contributed by atoms with Crippen LogP contribution in [0.25, 0.3) is 16.6 Å². The van der Waals surface area contributed by atoms with Gasteiger partial charge in [-0.3, -0.25) is 4.68 Å². The van der Waals surface area contributed by atoms with Crippen molar-refractivity contribution in [2.75, 3.05) is 25.1 Å². The predicted molar refractivity (Wildman–Crippen MR) is 130 cm³/mol. The Morgan fingerprint density at radius 3 is 2.83 bits per heavy atom. The highest BCUT2D eigenvalue weighted by Gasteiger charge is 2.36. The Morgan fingerprint density at radius 2 is 2.11 bits per heavy atom. The van der Waals surface area contributed by atoms with Crippen LogP contribution in [-0.2, 0) is 6.54 Å². The van der Waals surface area contributed by atoms with Crippen molar-refractivity contribution in [3.63, 3.8) is 0 Å². The molecule has 0 bridgehead atoms. The summed E-state index contributed by atoms with van der Waals surface area (Å²) in [5, 5.41) is 19.8. The Balaban J connectivity index is 1.34. The lowest BCUT2D eigenvalue weighted by molar-refractivity contribution is -0.0498. The minimum atomic E-state index is -1.10. The maximum Gasteiger partial charge on any atom is 0.252 e. The van der Waals surface area contributed by atoms with E-state index in [0.717, 1.165) is 24.9 Å². The number of aliphatic imine (C=N–C) groups is 1. The number of hydrogen-bond acceptors (Lipinski definition) is 8. The van der Waals surface area contributed by atoms with Crippen molar-refractivity contribution in [3.8, 4) is 5.75 Å². The molecule has 4 aromatic rings. The minimum Gasteiger partial charge on any atom is -0.494 e. The van der Waals surface area contributed by atoms with Crippen molar-refractivity contribution in [2.24, 2.45) is 4.99 Å². The van der Waals surface area contributed by atoms with Gasteiger partial charge in [0.15, 0.2) is 11.5 Å². The molecule has 0 radical (unpaired) electrons. The monoisotopic (exact) mass is 496 g/mol. The van der Waals surface area contributed by atoms with Gasteiger partial charge in [0.2, 0.25) is 0 Å². The van der Waals surface area contributed by atoms with Crippen molar-refractivity contribution in [1.29, 1.82) is 0 Å². The average molecular weight is 497 g/mol. The van der Waals surface area contributed by atoms with E-state index < -0.39 is 17.6 Å². The van der Waals surface area contributed by atoms with Crippen molar-refractivity contribution in [2.45, 2.75) is 49.9 Å². The van der Waals surface area contributed by atoms with Crippen LogP contribution in [0.4, 0.5) is 20.4 Å². The zero-order valence-corrected chi connectivity index (χ0v) is 19.8. The first-order valence-corrected chi connectivity index (χ1v) is 11.9. The Kier molecular flexibility index (Phi) is 5.36. The quantitative estimate of drug-likeness (QED) is 0.409. The van der Waals surface area contributed by atoms with Gasteiger partial charge in [0, 0.05) is 31.3 Å². The second-order valence-corrected chi connectivity index (χ2v) is 9.69. The van der Waals surface area contributed by atoms with E-state index in [-0.39, 0.29) is 30.6 Å². The van der Waals surface area contributed by atoms with Crippen molar-refractivity contribution >= 4 is 34.9 Å². The number of nitrogens with zero attached hydrogens (tertiary/aromatic N) is 8. The number of fused-ring (bicyclic) bond motifs is 3. The summed E-state index contributed by atoms with van der Waals surface area (Å²) in [5.74, 6) is 0.0269. The molecule has 4 heterocycles. The fraction of sp³-hybridized carbons (Fsp3) is 0.458. The predicted octanol–water partition coefficient (Wildman–Crippen LogP) is 3.20. The second-order valence-electron chi connectivity index (χ2n) is 9.69. The Bertz CT molecular complexity index is 1460. The molecule has 3 aromatic heterocycles. The van der Waals surface area contributed by atoms with E-state index in [2.05, 4.69) is 31.9 Å². The average Bonchev–Trinajstić information content (AvgIpc) is 3.49. The Labute approximate surface area is 205 Å². The molecule has 10 nitrogen and oxygen atoms in total. The smallest absolute Gasteiger partial charge is 0.252 e. The first-order valence-electron chi connectivity index (χ1n) is 11.9. The molecular weight excluding hydrogens is 470 g/mol. The second kappa shape index (κ2) is 8.47. The summed E-state index contributed by atoms with van der Waals surface area (Å²) in [6.45, 7) is 4.71. The number of hydrogen-bond donors (Lipinski definition) is 1. The number of halogens is 2. The molecule has 0 amide bonds. The van der Waals surface area contributed by atoms with Gasteiger partial charge in [-0.2, -0.15) is 9.61 Å². The molecule has 2 aliphatic rings. The third kappa shape index (κ3) is 3.85. The summed E-state index contributed by atoms with van der Waals surface area (Å²) in [4.78, 5) is 15.0. The van der Waals surface area contributed by atoms with Crippen LogP contribution in [0.1, 0.15) is 37.4 Å². The minimum absolute atomic E-state index is 0.181. The van der Waals surface area contributed by atoms with E-state index >= 15 is 0 Å². The van der Waals surface area contributed by atoms with Gasteiger partial charge in [-0.05, 0) is 38.5 Å². The van der Waals surface area contributed by atoms with Gasteiger partial charge in [0.1, 0.15) is 23.3 Å². The van der Waals surface area contributed by atoms with Crippen LogP contribution >= 0.6 is 0 Å². The molecule has 188 valence electrons. The molecule has 0 spiro atoms. The molecule has 1 saturated heterocycles. The van der Waals surface area contributed by atoms with Gasteiger partial charge >= 0.3 is 0 Å². The van der Waals surface area contributed by atoms with Crippen molar-refractivity contribution < 1.29 is 18.6 Å². The number of methoxy groups -OCH3 is 1. The normalized spacial score (nSPS) is 21.6. The fourth-order valence-electron chi connectivity index (χ4n) is 5.16. The molecule has 12 heteroatoms. The first-order chi connectivity index (χ1) is 17.4. The van der Waals surface area contributed by atoms with Gasteiger partial charge in [-0.15, -0.1) is 5.10 Å². The SMILES string of the molecule is C=Nc1nc2c(OC)cc(F)cc2c2nc([C@@H]3C[C@H](F)CN(c4cnn(CC5(O)CCC5)c4)C3)nn12. The van der Waals surface area contributed by atoms with Crippen LogP contribution in [0.15, 0.2) is 29.5 Å². The van der Waals surface area contributed by atoms with Crippen molar-refractivity contribution in [1.82, 2.24) is 29.4 Å². The van der Waals surface area contributed by atoms with E-state index in [4.69, 9.17) is 4.74 Å². The zero-order valence-electron chi connectivity index (χ0n) is 19.8. The van der Waals surface area contributed by atoms with Crippen LogP contribution in [0.5, 0.6) is 5.75 Å². The Morgan fingerprint density at radius 1 is 1.28 bits per heavy atom. The van der Waals surface area contributed by atoms with Gasteiger partial charge < -0.3 is 14.7 Å². The molecular formula is C24H26F2N8O2. The van der Waals surface area contributed by atoms with E-state index in [1.165, 1.54) is 23.8 Å². The van der Waals surface area contributed by atoms with E-state index in [0.29, 0.717) is 35.5 Å². The summed E-state index contributed by atoms with van der Waals surface area (Å²) in [7, 11) is 1.43. The molecule has 0 unspecified atom stereocenters. The third-order valence-electron chi connectivity index (χ3n) is 7.16. The van der Waals surface area contributed by atoms with Crippen LogP contribution in [0.2, 0.25) is 0 Å². The van der Waals surface area contributed by atoms with Crippen LogP contribution in [0.3, 0.4) is 0 Å². The summed E-state index contributed by atoms with van der Waals surface area (Å²) < 4.78 is 37.6. The summed E-state index contributed by atoms with van der Waals surface area (Å²) in [6.07, 6.45) is 5.23. The molecule has 1 N–H and O–H groups in total. The van der Waals surface area contributed by atoms with Gasteiger partial charge in [0.05, 0.1) is 36.5 Å². The van der Waals surface area contributed by atoms with Crippen LogP contribution in [0, 0.1) is 5.82 Å². The van der Waals surface area contributed by atoms with E-state index in [1.807, 2.05) is 11.1 Å². The number of rotatable bonds is 6. The summed E-state index contributed by atoms with van der Waals surface area (Å²) in [5.41, 5.74) is 0.819. The number of benzene rings is 1. The molecule has 6 rings (SSSR count). The third-order valence-corrected chi connectivity index (χ3v) is 7.16. The molecule has 1 aliphatic heterocycles. The van der Waals surface area contributed by atoms with Crippen LogP contribution in [-0.4, -0.2) is 73.2 Å².